The first-order valence-corrected chi connectivity index (χ1v) is 13.3. The van der Waals surface area contributed by atoms with Crippen molar-refractivity contribution < 1.29 is 24.2 Å². The van der Waals surface area contributed by atoms with E-state index >= 15 is 0 Å². The molecule has 2 aliphatic carbocycles. The summed E-state index contributed by atoms with van der Waals surface area (Å²) in [7, 11) is 0. The Kier molecular flexibility index (Phi) is 6.73. The molecule has 184 valence electrons. The monoisotopic (exact) mass is 494 g/mol. The molecule has 1 heterocycles. The van der Waals surface area contributed by atoms with Crippen molar-refractivity contribution in [3.8, 4) is 11.1 Å². The van der Waals surface area contributed by atoms with Crippen molar-refractivity contribution in [3.05, 3.63) is 59.7 Å². The molecular weight excluding hydrogens is 464 g/mol. The molecule has 2 aromatic carbocycles. The Morgan fingerprint density at radius 3 is 2.26 bits per heavy atom. The van der Waals surface area contributed by atoms with Gasteiger partial charge in [0.2, 0.25) is 5.91 Å². The van der Waals surface area contributed by atoms with E-state index in [1.165, 1.54) is 11.8 Å². The van der Waals surface area contributed by atoms with Crippen molar-refractivity contribution in [2.45, 2.75) is 48.8 Å². The summed E-state index contributed by atoms with van der Waals surface area (Å²) in [5, 5.41) is 11.7. The van der Waals surface area contributed by atoms with Gasteiger partial charge in [0.05, 0.1) is 0 Å². The van der Waals surface area contributed by atoms with E-state index in [2.05, 4.69) is 29.6 Å². The molecule has 1 saturated heterocycles. The zero-order valence-corrected chi connectivity index (χ0v) is 20.4. The van der Waals surface area contributed by atoms with Crippen LogP contribution in [0.4, 0.5) is 4.79 Å². The SMILES string of the molecule is O=C(NC1(C(=O)N2CCSC(C(=O)O)C2)CCCCC1)OCC1c2ccccc2-c2ccccc21. The molecule has 1 unspecified atom stereocenters. The van der Waals surface area contributed by atoms with Crippen LogP contribution >= 0.6 is 11.8 Å². The second-order valence-corrected chi connectivity index (χ2v) is 10.9. The molecule has 2 N–H and O–H groups in total. The highest BCUT2D eigenvalue weighted by molar-refractivity contribution is 8.00. The average molecular weight is 495 g/mol. The smallest absolute Gasteiger partial charge is 0.408 e. The van der Waals surface area contributed by atoms with Gasteiger partial charge in [-0.2, -0.15) is 0 Å². The van der Waals surface area contributed by atoms with Crippen molar-refractivity contribution in [1.29, 1.82) is 0 Å². The third-order valence-corrected chi connectivity index (χ3v) is 8.60. The van der Waals surface area contributed by atoms with Crippen LogP contribution in [0, 0.1) is 0 Å². The standard InChI is InChI=1S/C27H30N2O5S/c30-24(31)23-16-29(14-15-35-23)25(32)27(12-6-1-7-13-27)28-26(33)34-17-22-20-10-4-2-8-18(20)19-9-3-5-11-21(19)22/h2-5,8-11,22-23H,1,6-7,12-17H2,(H,28,33)(H,30,31). The van der Waals surface area contributed by atoms with Gasteiger partial charge in [-0.15, -0.1) is 11.8 Å². The predicted molar refractivity (Wildman–Crippen MR) is 134 cm³/mol. The molecule has 1 saturated carbocycles. The lowest BCUT2D eigenvalue weighted by atomic mass is 9.80. The molecule has 2 aromatic rings. The van der Waals surface area contributed by atoms with Crippen LogP contribution in [0.2, 0.25) is 0 Å². The van der Waals surface area contributed by atoms with Gasteiger partial charge in [-0.3, -0.25) is 9.59 Å². The number of carbonyl (C=O) groups excluding carboxylic acids is 2. The molecule has 3 aliphatic rings. The van der Waals surface area contributed by atoms with Crippen molar-refractivity contribution >= 4 is 29.7 Å². The second kappa shape index (κ2) is 9.93. The number of benzene rings is 2. The molecular formula is C27H30N2O5S. The van der Waals surface area contributed by atoms with E-state index < -0.39 is 22.9 Å². The molecule has 8 heteroatoms. The largest absolute Gasteiger partial charge is 0.480 e. The molecule has 1 aliphatic heterocycles. The Hall–Kier alpha value is -3.00. The quantitative estimate of drug-likeness (QED) is 0.645. The number of carboxylic acids is 1. The molecule has 0 bridgehead atoms. The normalized spacial score (nSPS) is 21.0. The van der Waals surface area contributed by atoms with E-state index in [9.17, 15) is 19.5 Å². The summed E-state index contributed by atoms with van der Waals surface area (Å²) in [6.07, 6.45) is 3.16. The Labute approximate surface area is 209 Å². The first-order chi connectivity index (χ1) is 17.0. The third-order valence-electron chi connectivity index (χ3n) is 7.43. The minimum atomic E-state index is -1.04. The van der Waals surface area contributed by atoms with Crippen molar-refractivity contribution in [1.82, 2.24) is 10.2 Å². The van der Waals surface area contributed by atoms with E-state index in [4.69, 9.17) is 4.74 Å². The fourth-order valence-electron chi connectivity index (χ4n) is 5.66. The highest BCUT2D eigenvalue weighted by Gasteiger charge is 2.45. The van der Waals surface area contributed by atoms with Gasteiger partial charge in [0.1, 0.15) is 17.4 Å². The van der Waals surface area contributed by atoms with E-state index in [0.717, 1.165) is 41.5 Å². The summed E-state index contributed by atoms with van der Waals surface area (Å²) in [6.45, 7) is 0.833. The third kappa shape index (κ3) is 4.63. The summed E-state index contributed by atoms with van der Waals surface area (Å²) in [5.41, 5.74) is 3.55. The first-order valence-electron chi connectivity index (χ1n) is 12.3. The van der Waals surface area contributed by atoms with Crippen LogP contribution in [0.5, 0.6) is 0 Å². The number of carboxylic acid groups (broad SMARTS) is 1. The molecule has 0 spiro atoms. The number of nitrogens with one attached hydrogen (secondary N) is 1. The van der Waals surface area contributed by atoms with E-state index in [1.54, 1.807) is 4.90 Å². The summed E-state index contributed by atoms with van der Waals surface area (Å²) in [6, 6.07) is 16.3. The predicted octanol–water partition coefficient (Wildman–Crippen LogP) is 4.26. The van der Waals surface area contributed by atoms with Crippen molar-refractivity contribution in [2.24, 2.45) is 0 Å². The first kappa shape index (κ1) is 23.7. The van der Waals surface area contributed by atoms with Crippen LogP contribution in [-0.4, -0.2) is 64.2 Å². The zero-order chi connectivity index (χ0) is 24.4. The number of nitrogens with zero attached hydrogens (tertiary/aromatic N) is 1. The van der Waals surface area contributed by atoms with E-state index in [0.29, 0.717) is 25.1 Å². The van der Waals surface area contributed by atoms with Gasteiger partial charge in [0.15, 0.2) is 0 Å². The summed E-state index contributed by atoms with van der Waals surface area (Å²) < 4.78 is 5.75. The lowest BCUT2D eigenvalue weighted by Gasteiger charge is -2.42. The highest BCUT2D eigenvalue weighted by atomic mass is 32.2. The maximum atomic E-state index is 13.6. The van der Waals surface area contributed by atoms with Gasteiger partial charge >= 0.3 is 12.1 Å². The number of fused-ring (bicyclic) bond motifs is 3. The summed E-state index contributed by atoms with van der Waals surface area (Å²) in [5.74, 6) is -0.572. The number of rotatable bonds is 5. The molecule has 0 aromatic heterocycles. The Morgan fingerprint density at radius 2 is 1.63 bits per heavy atom. The number of amides is 2. The van der Waals surface area contributed by atoms with E-state index in [-0.39, 0.29) is 25.0 Å². The van der Waals surface area contributed by atoms with E-state index in [1.807, 2.05) is 24.3 Å². The fraction of sp³-hybridized carbons (Fsp3) is 0.444. The number of aliphatic carboxylic acids is 1. The lowest BCUT2D eigenvalue weighted by Crippen LogP contribution is -2.62. The maximum absolute atomic E-state index is 13.6. The van der Waals surface area contributed by atoms with Gasteiger partial charge in [-0.25, -0.2) is 4.79 Å². The minimum Gasteiger partial charge on any atom is -0.480 e. The lowest BCUT2D eigenvalue weighted by molar-refractivity contribution is -0.141. The Bertz CT molecular complexity index is 1080. The van der Waals surface area contributed by atoms with Crippen LogP contribution in [-0.2, 0) is 14.3 Å². The van der Waals surface area contributed by atoms with Gasteiger partial charge in [0, 0.05) is 24.8 Å². The Balaban J connectivity index is 1.29. The number of carbonyl (C=O) groups is 3. The topological polar surface area (TPSA) is 95.9 Å². The number of thioether (sulfide) groups is 1. The Morgan fingerprint density at radius 1 is 1.00 bits per heavy atom. The number of alkyl carbamates (subject to hydrolysis) is 1. The van der Waals surface area contributed by atoms with Crippen LogP contribution < -0.4 is 5.32 Å². The van der Waals surface area contributed by atoms with Gasteiger partial charge in [-0.1, -0.05) is 67.8 Å². The van der Waals surface area contributed by atoms with Crippen molar-refractivity contribution in [3.63, 3.8) is 0 Å². The molecule has 1 atom stereocenters. The second-order valence-electron chi connectivity index (χ2n) is 9.54. The number of ether oxygens (including phenoxy) is 1. The van der Waals surface area contributed by atoms with Crippen LogP contribution in [0.1, 0.15) is 49.1 Å². The number of hydrogen-bond donors (Lipinski definition) is 2. The minimum absolute atomic E-state index is 0.0541. The average Bonchev–Trinajstić information content (AvgIpc) is 3.21. The number of hydrogen-bond acceptors (Lipinski definition) is 5. The molecule has 5 rings (SSSR count). The molecule has 7 nitrogen and oxygen atoms in total. The molecule has 2 fully saturated rings. The molecule has 35 heavy (non-hydrogen) atoms. The summed E-state index contributed by atoms with van der Waals surface area (Å²) in [4.78, 5) is 39.8. The van der Waals surface area contributed by atoms with Crippen LogP contribution in [0.15, 0.2) is 48.5 Å². The zero-order valence-electron chi connectivity index (χ0n) is 19.6. The fourth-order valence-corrected chi connectivity index (χ4v) is 6.70. The van der Waals surface area contributed by atoms with Gasteiger partial charge in [-0.05, 0) is 35.1 Å². The maximum Gasteiger partial charge on any atom is 0.408 e. The van der Waals surface area contributed by atoms with Gasteiger partial charge in [0.25, 0.3) is 0 Å². The van der Waals surface area contributed by atoms with Crippen LogP contribution in [0.3, 0.4) is 0 Å². The van der Waals surface area contributed by atoms with Crippen LogP contribution in [0.25, 0.3) is 11.1 Å². The summed E-state index contributed by atoms with van der Waals surface area (Å²) >= 11 is 1.36. The molecule has 2 amide bonds. The van der Waals surface area contributed by atoms with Crippen molar-refractivity contribution in [2.75, 3.05) is 25.4 Å². The molecule has 0 radical (unpaired) electrons. The highest BCUT2D eigenvalue weighted by Crippen LogP contribution is 2.44. The van der Waals surface area contributed by atoms with Gasteiger partial charge < -0.3 is 20.1 Å².